The van der Waals surface area contributed by atoms with Gasteiger partial charge in [-0.25, -0.2) is 0 Å². The summed E-state index contributed by atoms with van der Waals surface area (Å²) in [6.45, 7) is 5.72. The van der Waals surface area contributed by atoms with E-state index in [1.807, 2.05) is 20.8 Å². The van der Waals surface area contributed by atoms with Crippen LogP contribution < -0.4 is 26.8 Å². The number of carbonyl (C=O) groups is 1. The maximum absolute atomic E-state index is 12.7. The summed E-state index contributed by atoms with van der Waals surface area (Å²) in [5.74, 6) is -0.347. The quantitative estimate of drug-likeness (QED) is 0.424. The predicted octanol–water partition coefficient (Wildman–Crippen LogP) is 3.29. The fourth-order valence-corrected chi connectivity index (χ4v) is 2.88. The number of rotatable bonds is 6. The van der Waals surface area contributed by atoms with Crippen molar-refractivity contribution < 1.29 is 4.79 Å². The number of nitrogens with zero attached hydrogens (tertiary/aromatic N) is 1. The highest BCUT2D eigenvalue weighted by Gasteiger charge is 2.31. The molecular formula is C21H21ClN4O3. The van der Waals surface area contributed by atoms with Crippen LogP contribution in [0.1, 0.15) is 31.1 Å². The van der Waals surface area contributed by atoms with Crippen LogP contribution >= 0.6 is 11.6 Å². The Morgan fingerprint density at radius 2 is 1.79 bits per heavy atom. The van der Waals surface area contributed by atoms with Crippen LogP contribution in [0.5, 0.6) is 0 Å². The summed E-state index contributed by atoms with van der Waals surface area (Å²) in [6.07, 6.45) is 2.53. The van der Waals surface area contributed by atoms with E-state index in [1.54, 1.807) is 48.8 Å². The number of benzene rings is 1. The van der Waals surface area contributed by atoms with E-state index >= 15 is 0 Å². The Morgan fingerprint density at radius 1 is 1.07 bits per heavy atom. The van der Waals surface area contributed by atoms with E-state index in [-0.39, 0.29) is 17.3 Å². The van der Waals surface area contributed by atoms with Crippen LogP contribution in [0, 0.1) is 5.41 Å². The lowest BCUT2D eigenvalue weighted by atomic mass is 9.91. The van der Waals surface area contributed by atoms with Gasteiger partial charge < -0.3 is 16.0 Å². The maximum atomic E-state index is 12.7. The number of nitrogens with one attached hydrogen (secondary N) is 3. The van der Waals surface area contributed by atoms with Crippen molar-refractivity contribution in [1.82, 2.24) is 10.3 Å². The number of hydrogen-bond donors (Lipinski definition) is 3. The molecule has 8 heteroatoms. The van der Waals surface area contributed by atoms with E-state index in [0.29, 0.717) is 16.3 Å². The number of halogens is 1. The summed E-state index contributed by atoms with van der Waals surface area (Å²) >= 11 is 5.96. The molecule has 3 aromatic rings. The summed E-state index contributed by atoms with van der Waals surface area (Å²) in [4.78, 5) is 40.9. The minimum atomic E-state index is -0.636. The van der Waals surface area contributed by atoms with E-state index in [1.165, 1.54) is 0 Å². The topological polar surface area (TPSA) is 100 Å². The van der Waals surface area contributed by atoms with Gasteiger partial charge in [0.2, 0.25) is 0 Å². The van der Waals surface area contributed by atoms with Gasteiger partial charge in [-0.1, -0.05) is 38.4 Å². The SMILES string of the molecule is CC(C)(C)C(NC(=O)c1cccc(Cl)c1)Nc1c(Nc2cccnc2)c(=O)c1=O. The molecule has 7 nitrogen and oxygen atoms in total. The third kappa shape index (κ3) is 4.63. The molecule has 1 amide bonds. The van der Waals surface area contributed by atoms with Crippen LogP contribution in [0.3, 0.4) is 0 Å². The first-order valence-electron chi connectivity index (χ1n) is 9.00. The van der Waals surface area contributed by atoms with Crippen molar-refractivity contribution in [3.8, 4) is 0 Å². The van der Waals surface area contributed by atoms with Crippen molar-refractivity contribution >= 4 is 34.6 Å². The van der Waals surface area contributed by atoms with Gasteiger partial charge in [0.1, 0.15) is 17.5 Å². The molecule has 29 heavy (non-hydrogen) atoms. The first kappa shape index (κ1) is 20.5. The molecule has 0 fully saturated rings. The van der Waals surface area contributed by atoms with Crippen molar-refractivity contribution in [2.75, 3.05) is 10.6 Å². The Labute approximate surface area is 172 Å². The van der Waals surface area contributed by atoms with Crippen molar-refractivity contribution in [2.45, 2.75) is 26.9 Å². The Hall–Kier alpha value is -3.19. The molecule has 0 aliphatic rings. The zero-order valence-corrected chi connectivity index (χ0v) is 17.0. The highest BCUT2D eigenvalue weighted by atomic mass is 35.5. The first-order valence-corrected chi connectivity index (χ1v) is 9.38. The molecular weight excluding hydrogens is 392 g/mol. The molecule has 2 aromatic carbocycles. The summed E-state index contributed by atoms with van der Waals surface area (Å²) in [5, 5.41) is 9.25. The van der Waals surface area contributed by atoms with Gasteiger partial charge in [-0.05, 0) is 30.3 Å². The number of pyridine rings is 1. The van der Waals surface area contributed by atoms with E-state index in [4.69, 9.17) is 11.6 Å². The Morgan fingerprint density at radius 3 is 2.41 bits per heavy atom. The van der Waals surface area contributed by atoms with Gasteiger partial charge in [0.15, 0.2) is 0 Å². The zero-order valence-electron chi connectivity index (χ0n) is 16.2. The maximum Gasteiger partial charge on any atom is 0.253 e. The highest BCUT2D eigenvalue weighted by molar-refractivity contribution is 6.30. The Bertz CT molecular complexity index is 1100. The van der Waals surface area contributed by atoms with E-state index in [2.05, 4.69) is 20.9 Å². The summed E-state index contributed by atoms with van der Waals surface area (Å²) < 4.78 is 0. The lowest BCUT2D eigenvalue weighted by Gasteiger charge is -2.33. The van der Waals surface area contributed by atoms with Crippen LogP contribution in [0.15, 0.2) is 58.4 Å². The molecule has 0 saturated carbocycles. The standard InChI is InChI=1S/C21H21ClN4O3/c1-21(2,3)20(26-19(29)12-6-4-7-13(22)10-12)25-16-15(17(27)18(16)28)24-14-8-5-9-23-11-14/h4-11,20,24-25H,1-3H3,(H,26,29). The normalized spacial score (nSPS) is 12.4. The second kappa shape index (κ2) is 8.05. The van der Waals surface area contributed by atoms with Gasteiger partial charge >= 0.3 is 0 Å². The molecule has 1 aromatic heterocycles. The molecule has 150 valence electrons. The van der Waals surface area contributed by atoms with Gasteiger partial charge in [0.05, 0.1) is 11.9 Å². The molecule has 0 spiro atoms. The van der Waals surface area contributed by atoms with Gasteiger partial charge in [0.25, 0.3) is 16.8 Å². The van der Waals surface area contributed by atoms with Crippen LogP contribution in [0.25, 0.3) is 0 Å². The van der Waals surface area contributed by atoms with Crippen LogP contribution in [-0.4, -0.2) is 17.1 Å². The van der Waals surface area contributed by atoms with Crippen LogP contribution in [0.4, 0.5) is 17.1 Å². The van der Waals surface area contributed by atoms with Gasteiger partial charge in [-0.15, -0.1) is 0 Å². The van der Waals surface area contributed by atoms with E-state index in [0.717, 1.165) is 0 Å². The van der Waals surface area contributed by atoms with Crippen molar-refractivity contribution in [2.24, 2.45) is 5.41 Å². The minimum Gasteiger partial charge on any atom is -0.360 e. The lowest BCUT2D eigenvalue weighted by Crippen LogP contribution is -2.51. The van der Waals surface area contributed by atoms with Crippen molar-refractivity contribution in [3.63, 3.8) is 0 Å². The molecule has 0 saturated heterocycles. The summed E-state index contributed by atoms with van der Waals surface area (Å²) in [7, 11) is 0. The smallest absolute Gasteiger partial charge is 0.253 e. The molecule has 0 radical (unpaired) electrons. The average molecular weight is 413 g/mol. The Balaban J connectivity index is 1.83. The van der Waals surface area contributed by atoms with E-state index in [9.17, 15) is 14.4 Å². The number of carbonyl (C=O) groups excluding carboxylic acids is 1. The van der Waals surface area contributed by atoms with Crippen LogP contribution in [-0.2, 0) is 0 Å². The number of amides is 1. The monoisotopic (exact) mass is 412 g/mol. The van der Waals surface area contributed by atoms with Crippen molar-refractivity contribution in [3.05, 3.63) is 79.8 Å². The zero-order chi connectivity index (χ0) is 21.2. The van der Waals surface area contributed by atoms with Crippen molar-refractivity contribution in [1.29, 1.82) is 0 Å². The Kier molecular flexibility index (Phi) is 5.70. The molecule has 1 atom stereocenters. The molecule has 3 rings (SSSR count). The highest BCUT2D eigenvalue weighted by Crippen LogP contribution is 2.26. The number of hydrogen-bond acceptors (Lipinski definition) is 6. The van der Waals surface area contributed by atoms with Gasteiger partial charge in [0, 0.05) is 22.2 Å². The minimum absolute atomic E-state index is 0.130. The molecule has 0 aliphatic carbocycles. The van der Waals surface area contributed by atoms with Gasteiger partial charge in [-0.3, -0.25) is 19.4 Å². The number of aromatic nitrogens is 1. The molecule has 1 heterocycles. The molecule has 3 N–H and O–H groups in total. The van der Waals surface area contributed by atoms with E-state index < -0.39 is 22.4 Å². The van der Waals surface area contributed by atoms with Gasteiger partial charge in [-0.2, -0.15) is 0 Å². The lowest BCUT2D eigenvalue weighted by molar-refractivity contribution is 0.0913. The fraction of sp³-hybridized carbons (Fsp3) is 0.238. The predicted molar refractivity (Wildman–Crippen MR) is 115 cm³/mol. The molecule has 0 bridgehead atoms. The molecule has 1 unspecified atom stereocenters. The van der Waals surface area contributed by atoms with Crippen LogP contribution in [0.2, 0.25) is 5.02 Å². The third-order valence-electron chi connectivity index (χ3n) is 4.36. The first-order chi connectivity index (χ1) is 13.7. The second-order valence-corrected chi connectivity index (χ2v) is 8.14. The summed E-state index contributed by atoms with van der Waals surface area (Å²) in [6, 6.07) is 10.0. The largest absolute Gasteiger partial charge is 0.360 e. The molecule has 0 aliphatic heterocycles. The second-order valence-electron chi connectivity index (χ2n) is 7.70. The third-order valence-corrected chi connectivity index (χ3v) is 4.59. The average Bonchev–Trinajstić information content (AvgIpc) is 2.69. The fourth-order valence-electron chi connectivity index (χ4n) is 2.69. The number of anilines is 3. The summed E-state index contributed by atoms with van der Waals surface area (Å²) in [5.41, 5.74) is -0.461.